The van der Waals surface area contributed by atoms with E-state index in [-0.39, 0.29) is 12.0 Å². The van der Waals surface area contributed by atoms with E-state index in [9.17, 15) is 4.79 Å². The van der Waals surface area contributed by atoms with Crippen molar-refractivity contribution in [2.45, 2.75) is 6.10 Å². The predicted molar refractivity (Wildman–Crippen MR) is 80.4 cm³/mol. The van der Waals surface area contributed by atoms with Gasteiger partial charge < -0.3 is 14.5 Å². The minimum absolute atomic E-state index is 0.140. The van der Waals surface area contributed by atoms with Gasteiger partial charge in [-0.05, 0) is 30.3 Å². The zero-order valence-electron chi connectivity index (χ0n) is 11.4. The first-order valence-corrected chi connectivity index (χ1v) is 7.33. The number of hydrogen-bond acceptors (Lipinski definition) is 5. The van der Waals surface area contributed by atoms with Gasteiger partial charge in [0.25, 0.3) is 5.91 Å². The Bertz CT molecular complexity index is 736. The van der Waals surface area contributed by atoms with Crippen LogP contribution in [0.1, 0.15) is 22.2 Å². The standard InChI is InChI=1S/C15H14N2O3S/c1-19-13(12-3-2-6-20-12)8-16-15(18)10-4-5-11-14(7-10)21-9-17-11/h2-7,9,13H,8H2,1H3,(H,16,18)/t13-/m1/s1. The number of nitrogens with one attached hydrogen (secondary N) is 1. The lowest BCUT2D eigenvalue weighted by Crippen LogP contribution is -2.28. The highest BCUT2D eigenvalue weighted by Gasteiger charge is 2.15. The second-order valence-corrected chi connectivity index (χ2v) is 5.37. The summed E-state index contributed by atoms with van der Waals surface area (Å²) in [6, 6.07) is 9.08. The highest BCUT2D eigenvalue weighted by molar-refractivity contribution is 7.16. The first-order chi connectivity index (χ1) is 10.3. The van der Waals surface area contributed by atoms with Gasteiger partial charge >= 0.3 is 0 Å². The highest BCUT2D eigenvalue weighted by Crippen LogP contribution is 2.19. The number of rotatable bonds is 5. The molecule has 1 aromatic carbocycles. The van der Waals surface area contributed by atoms with Crippen LogP contribution in [0.5, 0.6) is 0 Å². The summed E-state index contributed by atoms with van der Waals surface area (Å²) in [5.41, 5.74) is 3.28. The Balaban J connectivity index is 1.68. The quantitative estimate of drug-likeness (QED) is 0.787. The summed E-state index contributed by atoms with van der Waals surface area (Å²) < 4.78 is 11.6. The van der Waals surface area contributed by atoms with Gasteiger partial charge in [0, 0.05) is 12.7 Å². The molecule has 108 valence electrons. The number of benzene rings is 1. The number of carbonyl (C=O) groups is 1. The molecule has 0 saturated heterocycles. The van der Waals surface area contributed by atoms with Crippen molar-refractivity contribution in [1.82, 2.24) is 10.3 Å². The maximum atomic E-state index is 12.2. The van der Waals surface area contributed by atoms with E-state index < -0.39 is 0 Å². The van der Waals surface area contributed by atoms with E-state index in [1.807, 2.05) is 18.2 Å². The second kappa shape index (κ2) is 6.07. The number of methoxy groups -OCH3 is 1. The predicted octanol–water partition coefficient (Wildman–Crippen LogP) is 3.01. The third-order valence-corrected chi connectivity index (χ3v) is 3.98. The minimum atomic E-state index is -0.295. The summed E-state index contributed by atoms with van der Waals surface area (Å²) in [6.45, 7) is 0.351. The largest absolute Gasteiger partial charge is 0.467 e. The summed E-state index contributed by atoms with van der Waals surface area (Å²) in [6.07, 6.45) is 1.29. The molecule has 2 aromatic heterocycles. The number of aromatic nitrogens is 1. The molecule has 0 saturated carbocycles. The number of fused-ring (bicyclic) bond motifs is 1. The molecule has 1 atom stereocenters. The Morgan fingerprint density at radius 1 is 1.48 bits per heavy atom. The van der Waals surface area contributed by atoms with Crippen LogP contribution >= 0.6 is 11.3 Å². The van der Waals surface area contributed by atoms with Crippen LogP contribution in [0.4, 0.5) is 0 Å². The molecule has 3 rings (SSSR count). The second-order valence-electron chi connectivity index (χ2n) is 4.48. The minimum Gasteiger partial charge on any atom is -0.467 e. The first kappa shape index (κ1) is 13.8. The fourth-order valence-corrected chi connectivity index (χ4v) is 2.77. The number of ether oxygens (including phenoxy) is 1. The van der Waals surface area contributed by atoms with Gasteiger partial charge in [0.15, 0.2) is 0 Å². The lowest BCUT2D eigenvalue weighted by Gasteiger charge is -2.13. The molecule has 0 radical (unpaired) electrons. The third kappa shape index (κ3) is 2.96. The molecule has 0 unspecified atom stereocenters. The normalized spacial score (nSPS) is 12.4. The molecule has 2 heterocycles. The fraction of sp³-hybridized carbons (Fsp3) is 0.200. The SMILES string of the molecule is CO[C@H](CNC(=O)c1ccc2ncsc2c1)c1ccco1. The van der Waals surface area contributed by atoms with E-state index in [4.69, 9.17) is 9.15 Å². The summed E-state index contributed by atoms with van der Waals surface area (Å²) in [4.78, 5) is 16.4. The maximum absolute atomic E-state index is 12.2. The van der Waals surface area contributed by atoms with Crippen molar-refractivity contribution in [3.8, 4) is 0 Å². The van der Waals surface area contributed by atoms with E-state index in [1.165, 1.54) is 11.3 Å². The fourth-order valence-electron chi connectivity index (χ4n) is 2.06. The Morgan fingerprint density at radius 3 is 3.14 bits per heavy atom. The lowest BCUT2D eigenvalue weighted by atomic mass is 10.2. The molecule has 0 aliphatic carbocycles. The van der Waals surface area contributed by atoms with Crippen molar-refractivity contribution < 1.29 is 13.9 Å². The molecule has 21 heavy (non-hydrogen) atoms. The summed E-state index contributed by atoms with van der Waals surface area (Å²) >= 11 is 1.52. The lowest BCUT2D eigenvalue weighted by molar-refractivity contribution is 0.0738. The van der Waals surface area contributed by atoms with E-state index in [2.05, 4.69) is 10.3 Å². The summed E-state index contributed by atoms with van der Waals surface area (Å²) in [5.74, 6) is 0.551. The third-order valence-electron chi connectivity index (χ3n) is 3.19. The summed E-state index contributed by atoms with van der Waals surface area (Å²) in [5, 5.41) is 2.86. The number of carbonyl (C=O) groups excluding carboxylic acids is 1. The topological polar surface area (TPSA) is 64.4 Å². The van der Waals surface area contributed by atoms with Crippen LogP contribution in [0, 0.1) is 0 Å². The van der Waals surface area contributed by atoms with Crippen LogP contribution in [0.15, 0.2) is 46.5 Å². The van der Waals surface area contributed by atoms with E-state index in [0.717, 1.165) is 10.2 Å². The molecule has 0 aliphatic heterocycles. The van der Waals surface area contributed by atoms with Crippen LogP contribution in [0.2, 0.25) is 0 Å². The molecule has 0 spiro atoms. The molecular weight excluding hydrogens is 288 g/mol. The van der Waals surface area contributed by atoms with Crippen molar-refractivity contribution in [3.63, 3.8) is 0 Å². The molecule has 1 amide bonds. The van der Waals surface area contributed by atoms with Gasteiger partial charge in [-0.2, -0.15) is 0 Å². The molecule has 0 bridgehead atoms. The zero-order chi connectivity index (χ0) is 14.7. The van der Waals surface area contributed by atoms with Gasteiger partial charge in [0.05, 0.1) is 28.5 Å². The van der Waals surface area contributed by atoms with Crippen LogP contribution in [-0.4, -0.2) is 24.5 Å². The van der Waals surface area contributed by atoms with Crippen LogP contribution in [0.3, 0.4) is 0 Å². The molecule has 5 nitrogen and oxygen atoms in total. The Hall–Kier alpha value is -2.18. The van der Waals surface area contributed by atoms with Gasteiger partial charge in [-0.1, -0.05) is 0 Å². The van der Waals surface area contributed by atoms with Crippen molar-refractivity contribution in [3.05, 3.63) is 53.4 Å². The number of amides is 1. The Morgan fingerprint density at radius 2 is 2.38 bits per heavy atom. The van der Waals surface area contributed by atoms with Crippen molar-refractivity contribution >= 4 is 27.5 Å². The van der Waals surface area contributed by atoms with Crippen LogP contribution in [0.25, 0.3) is 10.2 Å². The first-order valence-electron chi connectivity index (χ1n) is 6.45. The smallest absolute Gasteiger partial charge is 0.251 e. The maximum Gasteiger partial charge on any atom is 0.251 e. The van der Waals surface area contributed by atoms with Gasteiger partial charge in [0.2, 0.25) is 0 Å². The number of furan rings is 1. The van der Waals surface area contributed by atoms with Crippen molar-refractivity contribution in [2.24, 2.45) is 0 Å². The van der Waals surface area contributed by atoms with Crippen LogP contribution in [-0.2, 0) is 4.74 Å². The molecule has 0 fully saturated rings. The Labute approximate surface area is 125 Å². The molecule has 3 aromatic rings. The molecule has 1 N–H and O–H groups in total. The van der Waals surface area contributed by atoms with E-state index in [0.29, 0.717) is 17.9 Å². The molecule has 6 heteroatoms. The van der Waals surface area contributed by atoms with E-state index in [1.54, 1.807) is 31.0 Å². The average molecular weight is 302 g/mol. The van der Waals surface area contributed by atoms with Gasteiger partial charge in [-0.25, -0.2) is 4.98 Å². The number of thiazole rings is 1. The van der Waals surface area contributed by atoms with Crippen LogP contribution < -0.4 is 5.32 Å². The highest BCUT2D eigenvalue weighted by atomic mass is 32.1. The Kier molecular flexibility index (Phi) is 3.98. The molecular formula is C15H14N2O3S. The van der Waals surface area contributed by atoms with E-state index >= 15 is 0 Å². The number of hydrogen-bond donors (Lipinski definition) is 1. The van der Waals surface area contributed by atoms with Gasteiger partial charge in [0.1, 0.15) is 11.9 Å². The number of nitrogens with zero attached hydrogens (tertiary/aromatic N) is 1. The van der Waals surface area contributed by atoms with Gasteiger partial charge in [-0.15, -0.1) is 11.3 Å². The summed E-state index contributed by atoms with van der Waals surface area (Å²) in [7, 11) is 1.59. The van der Waals surface area contributed by atoms with Crippen molar-refractivity contribution in [1.29, 1.82) is 0 Å². The molecule has 0 aliphatic rings. The zero-order valence-corrected chi connectivity index (χ0v) is 12.2. The average Bonchev–Trinajstić information content (AvgIpc) is 3.18. The van der Waals surface area contributed by atoms with Gasteiger partial charge in [-0.3, -0.25) is 4.79 Å². The monoisotopic (exact) mass is 302 g/mol. The van der Waals surface area contributed by atoms with Crippen molar-refractivity contribution in [2.75, 3.05) is 13.7 Å².